The number of ether oxygens (including phenoxy) is 3. The lowest BCUT2D eigenvalue weighted by Gasteiger charge is -2.34. The number of hydrogen-bond donors (Lipinski definition) is 4. The monoisotopic (exact) mass is 664 g/mol. The molecule has 5 unspecified atom stereocenters. The zero-order valence-electron chi connectivity index (χ0n) is 25.9. The Labute approximate surface area is 275 Å². The molecule has 250 valence electrons. The van der Waals surface area contributed by atoms with Gasteiger partial charge in [-0.2, -0.15) is 17.0 Å². The topological polar surface area (TPSA) is 149 Å². The Balaban J connectivity index is 1.56. The van der Waals surface area contributed by atoms with E-state index in [0.29, 0.717) is 33.8 Å². The Morgan fingerprint density at radius 1 is 0.660 bits per heavy atom. The standard InChI is InChI=1S/C35H40N2O9S/c1-44-35(41)28-18-16-26(17-19-28)21-37-32(24-46-30-10-6-3-7-11-30)34(40)33(39)31(23-45-29-8-4-2-5-9-29)36(47(37,42)43)20-25-12-14-27(22-38)15-13-25/h2-19,31-35,38-41H,20-24H2,1H3. The second-order valence-electron chi connectivity index (χ2n) is 11.3. The highest BCUT2D eigenvalue weighted by Crippen LogP contribution is 2.32. The van der Waals surface area contributed by atoms with E-state index in [1.165, 1.54) is 7.11 Å². The summed E-state index contributed by atoms with van der Waals surface area (Å²) in [6.07, 6.45) is -4.29. The summed E-state index contributed by atoms with van der Waals surface area (Å²) in [4.78, 5) is 0. The van der Waals surface area contributed by atoms with E-state index >= 15 is 0 Å². The summed E-state index contributed by atoms with van der Waals surface area (Å²) in [7, 11) is -3.08. The largest absolute Gasteiger partial charge is 0.492 e. The number of aliphatic hydroxyl groups is 4. The van der Waals surface area contributed by atoms with Crippen molar-refractivity contribution in [3.8, 4) is 11.5 Å². The first kappa shape index (κ1) is 34.5. The number of benzene rings is 4. The summed E-state index contributed by atoms with van der Waals surface area (Å²) < 4.78 is 48.9. The minimum absolute atomic E-state index is 0.150. The van der Waals surface area contributed by atoms with Gasteiger partial charge in [0.05, 0.1) is 18.7 Å². The van der Waals surface area contributed by atoms with E-state index in [1.807, 2.05) is 12.1 Å². The summed E-state index contributed by atoms with van der Waals surface area (Å²) in [5.41, 5.74) is 2.32. The molecule has 0 aliphatic carbocycles. The smallest absolute Gasteiger partial charge is 0.283 e. The molecule has 5 atom stereocenters. The fraction of sp³-hybridized carbons (Fsp3) is 0.314. The summed E-state index contributed by atoms with van der Waals surface area (Å²) in [5.74, 6) is 0.945. The van der Waals surface area contributed by atoms with Gasteiger partial charge in [-0.25, -0.2) is 0 Å². The molecule has 1 aliphatic rings. The average Bonchev–Trinajstić information content (AvgIpc) is 3.15. The molecular formula is C35H40N2O9S. The Morgan fingerprint density at radius 3 is 1.47 bits per heavy atom. The Kier molecular flexibility index (Phi) is 11.6. The van der Waals surface area contributed by atoms with Gasteiger partial charge in [-0.05, 0) is 41.0 Å². The van der Waals surface area contributed by atoms with E-state index in [4.69, 9.17) is 14.2 Å². The van der Waals surface area contributed by atoms with Crippen molar-refractivity contribution >= 4 is 10.2 Å². The Bertz CT molecular complexity index is 1640. The van der Waals surface area contributed by atoms with Crippen molar-refractivity contribution in [2.45, 2.75) is 50.3 Å². The van der Waals surface area contributed by atoms with Gasteiger partial charge in [-0.15, -0.1) is 0 Å². The fourth-order valence-corrected chi connectivity index (χ4v) is 7.41. The van der Waals surface area contributed by atoms with Crippen molar-refractivity contribution < 1.29 is 43.1 Å². The average molecular weight is 665 g/mol. The first-order valence-electron chi connectivity index (χ1n) is 15.2. The van der Waals surface area contributed by atoms with Gasteiger partial charge in [-0.3, -0.25) is 0 Å². The molecule has 1 aliphatic heterocycles. The van der Waals surface area contributed by atoms with Crippen LogP contribution in [0.1, 0.15) is 28.5 Å². The lowest BCUT2D eigenvalue weighted by Crippen LogP contribution is -2.52. The summed E-state index contributed by atoms with van der Waals surface area (Å²) >= 11 is 0. The number of para-hydroxylation sites is 2. The minimum atomic E-state index is -4.45. The molecule has 0 spiro atoms. The Hall–Kier alpha value is -3.85. The van der Waals surface area contributed by atoms with Crippen LogP contribution in [0.4, 0.5) is 0 Å². The Morgan fingerprint density at radius 2 is 1.06 bits per heavy atom. The molecule has 0 aromatic heterocycles. The number of nitrogens with zero attached hydrogens (tertiary/aromatic N) is 2. The number of aliphatic hydroxyl groups excluding tert-OH is 4. The van der Waals surface area contributed by atoms with Crippen LogP contribution in [0.3, 0.4) is 0 Å². The van der Waals surface area contributed by atoms with Gasteiger partial charge in [0.25, 0.3) is 10.2 Å². The van der Waals surface area contributed by atoms with E-state index in [9.17, 15) is 28.8 Å². The van der Waals surface area contributed by atoms with Crippen molar-refractivity contribution in [1.29, 1.82) is 0 Å². The number of methoxy groups -OCH3 is 1. The van der Waals surface area contributed by atoms with Crippen LogP contribution < -0.4 is 9.47 Å². The molecule has 4 aromatic rings. The van der Waals surface area contributed by atoms with Gasteiger partial charge in [0.15, 0.2) is 6.29 Å². The van der Waals surface area contributed by atoms with Crippen LogP contribution in [0.2, 0.25) is 0 Å². The number of rotatable bonds is 13. The molecule has 11 nitrogen and oxygen atoms in total. The van der Waals surface area contributed by atoms with E-state index in [2.05, 4.69) is 0 Å². The molecule has 1 heterocycles. The highest BCUT2D eigenvalue weighted by molar-refractivity contribution is 7.86. The molecular weight excluding hydrogens is 624 g/mol. The van der Waals surface area contributed by atoms with Crippen LogP contribution in [0.15, 0.2) is 109 Å². The van der Waals surface area contributed by atoms with Crippen molar-refractivity contribution in [3.05, 3.63) is 131 Å². The highest BCUT2D eigenvalue weighted by Gasteiger charge is 2.51. The number of hydrogen-bond acceptors (Lipinski definition) is 9. The van der Waals surface area contributed by atoms with Crippen LogP contribution in [-0.4, -0.2) is 82.1 Å². The molecule has 0 radical (unpaired) electrons. The second kappa shape index (κ2) is 15.8. The molecule has 0 saturated carbocycles. The summed E-state index contributed by atoms with van der Waals surface area (Å²) in [6.45, 7) is -1.00. The normalized spacial score (nSPS) is 22.3. The van der Waals surface area contributed by atoms with Crippen LogP contribution in [0.5, 0.6) is 11.5 Å². The third-order valence-corrected chi connectivity index (χ3v) is 10.2. The van der Waals surface area contributed by atoms with Crippen LogP contribution in [-0.2, 0) is 34.6 Å². The lowest BCUT2D eigenvalue weighted by molar-refractivity contribution is -0.0769. The molecule has 47 heavy (non-hydrogen) atoms. The van der Waals surface area contributed by atoms with Crippen molar-refractivity contribution in [1.82, 2.24) is 8.61 Å². The van der Waals surface area contributed by atoms with E-state index in [1.54, 1.807) is 97.1 Å². The van der Waals surface area contributed by atoms with Crippen LogP contribution in [0, 0.1) is 0 Å². The van der Waals surface area contributed by atoms with E-state index < -0.39 is 40.8 Å². The first-order chi connectivity index (χ1) is 22.7. The molecule has 4 N–H and O–H groups in total. The first-order valence-corrected chi connectivity index (χ1v) is 16.6. The third-order valence-electron chi connectivity index (χ3n) is 8.17. The predicted octanol–water partition coefficient (Wildman–Crippen LogP) is 3.00. The zero-order chi connectivity index (χ0) is 33.4. The van der Waals surface area contributed by atoms with Crippen molar-refractivity contribution in [2.75, 3.05) is 20.3 Å². The third kappa shape index (κ3) is 8.36. The van der Waals surface area contributed by atoms with Gasteiger partial charge < -0.3 is 34.6 Å². The molecule has 4 aromatic carbocycles. The lowest BCUT2D eigenvalue weighted by atomic mass is 9.99. The van der Waals surface area contributed by atoms with Crippen LogP contribution in [0.25, 0.3) is 0 Å². The quantitative estimate of drug-likeness (QED) is 0.158. The van der Waals surface area contributed by atoms with E-state index in [-0.39, 0.29) is 32.9 Å². The summed E-state index contributed by atoms with van der Waals surface area (Å²) in [6, 6.07) is 28.7. The molecule has 1 saturated heterocycles. The molecule has 0 amide bonds. The SMILES string of the molecule is COC(O)c1ccc(CN2C(COc3ccccc3)C(O)C(O)C(COc3ccccc3)N(Cc3ccc(CO)cc3)S2(=O)=O)cc1. The molecule has 12 heteroatoms. The maximum absolute atomic E-state index is 14.8. The maximum Gasteiger partial charge on any atom is 0.283 e. The van der Waals surface area contributed by atoms with Gasteiger partial charge in [0.2, 0.25) is 0 Å². The summed E-state index contributed by atoms with van der Waals surface area (Å²) in [5, 5.41) is 43.1. The van der Waals surface area contributed by atoms with Crippen molar-refractivity contribution in [2.24, 2.45) is 0 Å². The van der Waals surface area contributed by atoms with Gasteiger partial charge in [0, 0.05) is 25.8 Å². The molecule has 1 fully saturated rings. The highest BCUT2D eigenvalue weighted by atomic mass is 32.2. The van der Waals surface area contributed by atoms with Gasteiger partial charge in [0.1, 0.15) is 36.9 Å². The van der Waals surface area contributed by atoms with Crippen LogP contribution >= 0.6 is 0 Å². The van der Waals surface area contributed by atoms with Gasteiger partial charge in [-0.1, -0.05) is 84.9 Å². The second-order valence-corrected chi connectivity index (χ2v) is 13.1. The molecule has 5 rings (SSSR count). The van der Waals surface area contributed by atoms with Gasteiger partial charge >= 0.3 is 0 Å². The van der Waals surface area contributed by atoms with E-state index in [0.717, 1.165) is 8.61 Å². The predicted molar refractivity (Wildman–Crippen MR) is 174 cm³/mol. The minimum Gasteiger partial charge on any atom is -0.492 e. The van der Waals surface area contributed by atoms with Crippen molar-refractivity contribution in [3.63, 3.8) is 0 Å². The molecule has 0 bridgehead atoms. The maximum atomic E-state index is 14.8. The fourth-order valence-electron chi connectivity index (χ4n) is 5.46. The zero-order valence-corrected chi connectivity index (χ0v) is 26.8.